The van der Waals surface area contributed by atoms with Gasteiger partial charge in [0, 0.05) is 0 Å². The highest BCUT2D eigenvalue weighted by molar-refractivity contribution is 5.85. The molecule has 0 radical (unpaired) electrons. The Labute approximate surface area is 78.8 Å². The van der Waals surface area contributed by atoms with Gasteiger partial charge in [-0.2, -0.15) is 0 Å². The van der Waals surface area contributed by atoms with Gasteiger partial charge < -0.3 is 10.8 Å². The van der Waals surface area contributed by atoms with Crippen LogP contribution in [0, 0.1) is 0 Å². The predicted octanol–water partition coefficient (Wildman–Crippen LogP) is 1.27. The van der Waals surface area contributed by atoms with E-state index in [2.05, 4.69) is 0 Å². The molecule has 0 saturated carbocycles. The smallest absolute Gasteiger partial charge is 0.0650 e. The normalized spacial score (nSPS) is 14.6. The number of aliphatic hydroxyl groups excluding tert-OH is 1. The van der Waals surface area contributed by atoms with Gasteiger partial charge in [0.15, 0.2) is 0 Å². The van der Waals surface area contributed by atoms with Crippen molar-refractivity contribution in [3.8, 4) is 0 Å². The van der Waals surface area contributed by atoms with Crippen LogP contribution in [0.25, 0.3) is 0 Å². The monoisotopic (exact) mass is 187 g/mol. The summed E-state index contributed by atoms with van der Waals surface area (Å²) in [4.78, 5) is 0. The van der Waals surface area contributed by atoms with E-state index in [9.17, 15) is 0 Å². The van der Waals surface area contributed by atoms with Crippen LogP contribution in [-0.4, -0.2) is 11.7 Å². The number of aliphatic hydroxyl groups is 1. The Morgan fingerprint density at radius 1 is 1.33 bits per heavy atom. The summed E-state index contributed by atoms with van der Waals surface area (Å²) in [6.07, 6.45) is 0. The van der Waals surface area contributed by atoms with Gasteiger partial charge in [-0.3, -0.25) is 0 Å². The van der Waals surface area contributed by atoms with Gasteiger partial charge in [-0.15, -0.1) is 12.4 Å². The highest BCUT2D eigenvalue weighted by Gasteiger charge is 2.18. The number of rotatable bonds is 2. The minimum Gasteiger partial charge on any atom is -0.394 e. The first-order chi connectivity index (χ1) is 5.17. The van der Waals surface area contributed by atoms with Crippen LogP contribution in [0.2, 0.25) is 0 Å². The maximum absolute atomic E-state index is 8.92. The second-order valence-electron chi connectivity index (χ2n) is 2.94. The first-order valence-corrected chi connectivity index (χ1v) is 3.62. The molecule has 3 heteroatoms. The van der Waals surface area contributed by atoms with Gasteiger partial charge in [-0.05, 0) is 12.5 Å². The molecular weight excluding hydrogens is 174 g/mol. The topological polar surface area (TPSA) is 46.2 Å². The first-order valence-electron chi connectivity index (χ1n) is 3.62. The summed E-state index contributed by atoms with van der Waals surface area (Å²) in [6.45, 7) is 1.78. The molecule has 0 aliphatic rings. The minimum atomic E-state index is -0.610. The van der Waals surface area contributed by atoms with Crippen LogP contribution < -0.4 is 5.73 Å². The first kappa shape index (κ1) is 11.4. The van der Waals surface area contributed by atoms with E-state index in [1.165, 1.54) is 0 Å². The summed E-state index contributed by atoms with van der Waals surface area (Å²) in [5.74, 6) is 0. The van der Waals surface area contributed by atoms with Crippen LogP contribution in [0.15, 0.2) is 30.3 Å². The van der Waals surface area contributed by atoms with E-state index >= 15 is 0 Å². The van der Waals surface area contributed by atoms with Crippen molar-refractivity contribution in [3.63, 3.8) is 0 Å². The standard InChI is InChI=1S/C9H13NO.ClH/c1-9(10,7-11)8-5-3-2-4-6-8;/h2-6,11H,7,10H2,1H3;1H/t9-;/m0./s1. The van der Waals surface area contributed by atoms with E-state index in [-0.39, 0.29) is 19.0 Å². The SMILES string of the molecule is C[C@](N)(CO)c1ccccc1.Cl. The van der Waals surface area contributed by atoms with Crippen molar-refractivity contribution in [1.82, 2.24) is 0 Å². The number of hydrogen-bond acceptors (Lipinski definition) is 2. The van der Waals surface area contributed by atoms with Gasteiger partial charge >= 0.3 is 0 Å². The fraction of sp³-hybridized carbons (Fsp3) is 0.333. The van der Waals surface area contributed by atoms with Gasteiger partial charge in [0.2, 0.25) is 0 Å². The van der Waals surface area contributed by atoms with Crippen molar-refractivity contribution in [2.24, 2.45) is 5.73 Å². The minimum absolute atomic E-state index is 0. The molecule has 0 spiro atoms. The summed E-state index contributed by atoms with van der Waals surface area (Å²) < 4.78 is 0. The molecule has 0 aliphatic heterocycles. The predicted molar refractivity (Wildman–Crippen MR) is 52.3 cm³/mol. The van der Waals surface area contributed by atoms with Gasteiger partial charge in [-0.1, -0.05) is 30.3 Å². The molecule has 1 aromatic rings. The number of benzene rings is 1. The third-order valence-electron chi connectivity index (χ3n) is 1.76. The van der Waals surface area contributed by atoms with Crippen LogP contribution in [-0.2, 0) is 5.54 Å². The molecule has 0 heterocycles. The number of halogens is 1. The lowest BCUT2D eigenvalue weighted by molar-refractivity contribution is 0.210. The van der Waals surface area contributed by atoms with Crippen molar-refractivity contribution >= 4 is 12.4 Å². The second-order valence-corrected chi connectivity index (χ2v) is 2.94. The third kappa shape index (κ3) is 2.48. The molecule has 3 N–H and O–H groups in total. The molecule has 0 saturated heterocycles. The molecule has 1 atom stereocenters. The van der Waals surface area contributed by atoms with Crippen LogP contribution in [0.5, 0.6) is 0 Å². The molecule has 0 aliphatic carbocycles. The molecule has 12 heavy (non-hydrogen) atoms. The lowest BCUT2D eigenvalue weighted by Crippen LogP contribution is -2.36. The molecule has 0 fully saturated rings. The van der Waals surface area contributed by atoms with Crippen LogP contribution in [0.1, 0.15) is 12.5 Å². The average molecular weight is 188 g/mol. The van der Waals surface area contributed by atoms with Crippen molar-refractivity contribution in [2.75, 3.05) is 6.61 Å². The molecule has 1 aromatic carbocycles. The summed E-state index contributed by atoms with van der Waals surface area (Å²) in [7, 11) is 0. The van der Waals surface area contributed by atoms with Crippen molar-refractivity contribution in [3.05, 3.63) is 35.9 Å². The summed E-state index contributed by atoms with van der Waals surface area (Å²) in [6, 6.07) is 9.58. The highest BCUT2D eigenvalue weighted by atomic mass is 35.5. The van der Waals surface area contributed by atoms with Crippen LogP contribution >= 0.6 is 12.4 Å². The van der Waals surface area contributed by atoms with E-state index in [4.69, 9.17) is 10.8 Å². The quantitative estimate of drug-likeness (QED) is 0.733. The zero-order valence-corrected chi connectivity index (χ0v) is 7.84. The van der Waals surface area contributed by atoms with Crippen LogP contribution in [0.3, 0.4) is 0 Å². The summed E-state index contributed by atoms with van der Waals surface area (Å²) in [5.41, 5.74) is 6.14. The molecule has 1 rings (SSSR count). The fourth-order valence-electron chi connectivity index (χ4n) is 0.910. The van der Waals surface area contributed by atoms with E-state index < -0.39 is 5.54 Å². The fourth-order valence-corrected chi connectivity index (χ4v) is 0.910. The van der Waals surface area contributed by atoms with Gasteiger partial charge in [0.1, 0.15) is 0 Å². The van der Waals surface area contributed by atoms with E-state index in [1.54, 1.807) is 0 Å². The Bertz CT molecular complexity index is 223. The van der Waals surface area contributed by atoms with Crippen molar-refractivity contribution in [2.45, 2.75) is 12.5 Å². The Morgan fingerprint density at radius 2 is 1.83 bits per heavy atom. The summed E-state index contributed by atoms with van der Waals surface area (Å²) in [5, 5.41) is 8.92. The average Bonchev–Trinajstić information content (AvgIpc) is 2.06. The Morgan fingerprint density at radius 3 is 2.25 bits per heavy atom. The van der Waals surface area contributed by atoms with Gasteiger partial charge in [-0.25, -0.2) is 0 Å². The number of nitrogens with two attached hydrogens (primary N) is 1. The van der Waals surface area contributed by atoms with Crippen LogP contribution in [0.4, 0.5) is 0 Å². The molecular formula is C9H14ClNO. The maximum Gasteiger partial charge on any atom is 0.0650 e. The highest BCUT2D eigenvalue weighted by Crippen LogP contribution is 2.15. The van der Waals surface area contributed by atoms with E-state index in [1.807, 2.05) is 37.3 Å². The molecule has 0 unspecified atom stereocenters. The zero-order chi connectivity index (χ0) is 8.32. The van der Waals surface area contributed by atoms with Crippen molar-refractivity contribution < 1.29 is 5.11 Å². The number of hydrogen-bond donors (Lipinski definition) is 2. The second kappa shape index (κ2) is 4.45. The Kier molecular flexibility index (Phi) is 4.24. The lowest BCUT2D eigenvalue weighted by Gasteiger charge is -2.21. The Hall–Kier alpha value is -0.570. The molecule has 0 aromatic heterocycles. The third-order valence-corrected chi connectivity index (χ3v) is 1.76. The molecule has 0 bridgehead atoms. The summed E-state index contributed by atoms with van der Waals surface area (Å²) >= 11 is 0. The molecule has 2 nitrogen and oxygen atoms in total. The van der Waals surface area contributed by atoms with Gasteiger partial charge in [0.25, 0.3) is 0 Å². The van der Waals surface area contributed by atoms with E-state index in [0.717, 1.165) is 5.56 Å². The maximum atomic E-state index is 8.92. The lowest BCUT2D eigenvalue weighted by atomic mass is 9.95. The Balaban J connectivity index is 0.00000121. The molecule has 68 valence electrons. The zero-order valence-electron chi connectivity index (χ0n) is 7.03. The van der Waals surface area contributed by atoms with Crippen molar-refractivity contribution in [1.29, 1.82) is 0 Å². The van der Waals surface area contributed by atoms with Gasteiger partial charge in [0.05, 0.1) is 12.1 Å². The van der Waals surface area contributed by atoms with E-state index in [0.29, 0.717) is 0 Å². The molecule has 0 amide bonds. The largest absolute Gasteiger partial charge is 0.394 e.